The van der Waals surface area contributed by atoms with E-state index in [-0.39, 0.29) is 17.6 Å². The lowest BCUT2D eigenvalue weighted by Crippen LogP contribution is -2.44. The van der Waals surface area contributed by atoms with Gasteiger partial charge in [-0.3, -0.25) is 24.6 Å². The van der Waals surface area contributed by atoms with Crippen LogP contribution in [0.4, 0.5) is 10.2 Å². The van der Waals surface area contributed by atoms with Gasteiger partial charge in [0, 0.05) is 54.5 Å². The van der Waals surface area contributed by atoms with E-state index in [0.717, 1.165) is 27.7 Å². The Labute approximate surface area is 202 Å². The molecule has 0 saturated carbocycles. The van der Waals surface area contributed by atoms with Gasteiger partial charge in [-0.15, -0.1) is 0 Å². The minimum Gasteiger partial charge on any atom is -0.334 e. The Balaban J connectivity index is 1.35. The van der Waals surface area contributed by atoms with Crippen molar-refractivity contribution >= 4 is 41.0 Å². The topological polar surface area (TPSA) is 99.9 Å². The van der Waals surface area contributed by atoms with Crippen molar-refractivity contribution in [3.63, 3.8) is 0 Å². The van der Waals surface area contributed by atoms with Crippen molar-refractivity contribution in [2.24, 2.45) is 9.98 Å². The zero-order valence-electron chi connectivity index (χ0n) is 19.3. The van der Waals surface area contributed by atoms with E-state index in [1.165, 1.54) is 24.5 Å². The number of aliphatic imine (C=N–C) groups is 2. The molecule has 0 bridgehead atoms. The first-order valence-electron chi connectivity index (χ1n) is 11.2. The van der Waals surface area contributed by atoms with Gasteiger partial charge in [0.25, 0.3) is 0 Å². The maximum atomic E-state index is 13.8. The van der Waals surface area contributed by atoms with Crippen LogP contribution in [0, 0.1) is 5.82 Å². The number of halogens is 1. The molecular formula is C26H25FN6O2. The summed E-state index contributed by atoms with van der Waals surface area (Å²) >= 11 is 0. The largest absolute Gasteiger partial charge is 0.334 e. The van der Waals surface area contributed by atoms with Gasteiger partial charge >= 0.3 is 11.8 Å². The average Bonchev–Trinajstić information content (AvgIpc) is 2.88. The van der Waals surface area contributed by atoms with Crippen LogP contribution in [0.5, 0.6) is 0 Å². The Morgan fingerprint density at radius 3 is 2.66 bits per heavy atom. The Bertz CT molecular complexity index is 1310. The summed E-state index contributed by atoms with van der Waals surface area (Å²) in [5.41, 5.74) is 3.25. The zero-order chi connectivity index (χ0) is 24.8. The lowest BCUT2D eigenvalue weighted by atomic mass is 9.87. The van der Waals surface area contributed by atoms with Gasteiger partial charge in [-0.1, -0.05) is 0 Å². The molecule has 1 N–H and O–H groups in total. The number of carbonyl (C=O) groups is 2. The van der Waals surface area contributed by atoms with E-state index < -0.39 is 11.8 Å². The number of nitrogens with one attached hydrogen (secondary N) is 1. The van der Waals surface area contributed by atoms with E-state index in [4.69, 9.17) is 0 Å². The quantitative estimate of drug-likeness (QED) is 0.446. The standard InChI is InChI=1S/C26H25FN6O2/c1-17(29-12-11-28-2)19-3-6-24(31-16-19)32-25(34)26(35)33-13-8-18(9-14-33)21-7-10-30-23-5-4-20(27)15-22(21)23/h3-7,10-12,15-16,18H,2,8-9,13-14H2,1H3,(H,31,32,34)/b12-11-,29-17+. The Morgan fingerprint density at radius 2 is 1.94 bits per heavy atom. The lowest BCUT2D eigenvalue weighted by molar-refractivity contribution is -0.143. The third kappa shape index (κ3) is 5.63. The van der Waals surface area contributed by atoms with Crippen LogP contribution in [0.25, 0.3) is 10.9 Å². The average molecular weight is 473 g/mol. The van der Waals surface area contributed by atoms with Crippen LogP contribution < -0.4 is 5.32 Å². The molecule has 4 rings (SSSR count). The lowest BCUT2D eigenvalue weighted by Gasteiger charge is -2.32. The summed E-state index contributed by atoms with van der Waals surface area (Å²) in [7, 11) is 0. The van der Waals surface area contributed by atoms with Gasteiger partial charge in [-0.25, -0.2) is 9.37 Å². The summed E-state index contributed by atoms with van der Waals surface area (Å²) in [6, 6.07) is 9.86. The van der Waals surface area contributed by atoms with Crippen LogP contribution in [0.1, 0.15) is 36.8 Å². The zero-order valence-corrected chi connectivity index (χ0v) is 19.3. The van der Waals surface area contributed by atoms with Crippen LogP contribution in [-0.4, -0.2) is 52.2 Å². The number of rotatable bonds is 5. The van der Waals surface area contributed by atoms with Crippen molar-refractivity contribution in [3.05, 3.63) is 78.1 Å². The second-order valence-corrected chi connectivity index (χ2v) is 8.21. The van der Waals surface area contributed by atoms with Gasteiger partial charge in [-0.05, 0) is 74.4 Å². The number of piperidine rings is 1. The Kier molecular flexibility index (Phi) is 7.35. The van der Waals surface area contributed by atoms with E-state index >= 15 is 0 Å². The third-order valence-corrected chi connectivity index (χ3v) is 6.02. The molecule has 0 atom stereocenters. The van der Waals surface area contributed by atoms with E-state index in [0.29, 0.717) is 25.9 Å². The molecule has 0 unspecified atom stereocenters. The molecule has 1 aliphatic rings. The van der Waals surface area contributed by atoms with E-state index in [9.17, 15) is 14.0 Å². The van der Waals surface area contributed by atoms with E-state index in [1.807, 2.05) is 13.0 Å². The first-order chi connectivity index (χ1) is 17.0. The fraction of sp³-hybridized carbons (Fsp3) is 0.231. The fourth-order valence-electron chi connectivity index (χ4n) is 4.15. The second kappa shape index (κ2) is 10.8. The molecule has 2 aromatic heterocycles. The molecule has 0 radical (unpaired) electrons. The molecule has 3 aromatic rings. The number of aromatic nitrogens is 2. The highest BCUT2D eigenvalue weighted by Crippen LogP contribution is 2.32. The van der Waals surface area contributed by atoms with Gasteiger partial charge in [0.05, 0.1) is 5.52 Å². The van der Waals surface area contributed by atoms with Crippen LogP contribution in [0.2, 0.25) is 0 Å². The summed E-state index contributed by atoms with van der Waals surface area (Å²) in [6.07, 6.45) is 7.64. The van der Waals surface area contributed by atoms with Crippen molar-refractivity contribution in [3.8, 4) is 0 Å². The number of hydrogen-bond acceptors (Lipinski definition) is 6. The third-order valence-electron chi connectivity index (χ3n) is 6.02. The van der Waals surface area contributed by atoms with Gasteiger partial charge in [0.2, 0.25) is 0 Å². The summed E-state index contributed by atoms with van der Waals surface area (Å²) in [5.74, 6) is -1.19. The molecular weight excluding hydrogens is 447 g/mol. The highest BCUT2D eigenvalue weighted by atomic mass is 19.1. The molecule has 178 valence electrons. The van der Waals surface area contributed by atoms with Crippen molar-refractivity contribution < 1.29 is 14.0 Å². The molecule has 8 nitrogen and oxygen atoms in total. The molecule has 1 fully saturated rings. The van der Waals surface area contributed by atoms with Crippen LogP contribution in [0.15, 0.2) is 71.2 Å². The fourth-order valence-corrected chi connectivity index (χ4v) is 4.15. The molecule has 3 heterocycles. The first kappa shape index (κ1) is 23.9. The molecule has 1 saturated heterocycles. The number of hydrogen-bond donors (Lipinski definition) is 1. The number of benzene rings is 1. The normalized spacial score (nSPS) is 14.9. The van der Waals surface area contributed by atoms with Crippen molar-refractivity contribution in [2.45, 2.75) is 25.7 Å². The summed E-state index contributed by atoms with van der Waals surface area (Å²) < 4.78 is 13.8. The summed E-state index contributed by atoms with van der Waals surface area (Å²) in [5, 5.41) is 3.35. The predicted molar refractivity (Wildman–Crippen MR) is 134 cm³/mol. The van der Waals surface area contributed by atoms with Crippen molar-refractivity contribution in [2.75, 3.05) is 18.4 Å². The van der Waals surface area contributed by atoms with Crippen molar-refractivity contribution in [1.29, 1.82) is 0 Å². The minimum absolute atomic E-state index is 0.158. The Hall–Kier alpha value is -4.27. The van der Waals surface area contributed by atoms with E-state index in [2.05, 4.69) is 32.0 Å². The summed E-state index contributed by atoms with van der Waals surface area (Å²) in [4.78, 5) is 43.1. The van der Waals surface area contributed by atoms with Crippen LogP contribution in [-0.2, 0) is 9.59 Å². The first-order valence-corrected chi connectivity index (χ1v) is 11.2. The number of amides is 2. The number of nitrogens with zero attached hydrogens (tertiary/aromatic N) is 5. The highest BCUT2D eigenvalue weighted by molar-refractivity contribution is 6.39. The predicted octanol–water partition coefficient (Wildman–Crippen LogP) is 4.09. The molecule has 0 spiro atoms. The van der Waals surface area contributed by atoms with Gasteiger partial charge < -0.3 is 10.2 Å². The molecule has 2 amide bonds. The van der Waals surface area contributed by atoms with Crippen molar-refractivity contribution in [1.82, 2.24) is 14.9 Å². The SMILES string of the molecule is C=N/C=C\N=C(/C)c1ccc(NC(=O)C(=O)N2CCC(c3ccnc4ccc(F)cc34)CC2)nc1. The monoisotopic (exact) mass is 472 g/mol. The second-order valence-electron chi connectivity index (χ2n) is 8.21. The number of anilines is 1. The number of carbonyl (C=O) groups excluding carboxylic acids is 2. The summed E-state index contributed by atoms with van der Waals surface area (Å²) in [6.45, 7) is 6.04. The molecule has 1 aliphatic heterocycles. The van der Waals surface area contributed by atoms with Crippen LogP contribution in [0.3, 0.4) is 0 Å². The number of fused-ring (bicyclic) bond motifs is 1. The highest BCUT2D eigenvalue weighted by Gasteiger charge is 2.28. The minimum atomic E-state index is -0.731. The van der Waals surface area contributed by atoms with Gasteiger partial charge in [-0.2, -0.15) is 0 Å². The maximum Gasteiger partial charge on any atom is 0.315 e. The van der Waals surface area contributed by atoms with Crippen LogP contribution >= 0.6 is 0 Å². The Morgan fingerprint density at radius 1 is 1.14 bits per heavy atom. The maximum absolute atomic E-state index is 13.8. The molecule has 9 heteroatoms. The molecule has 0 aliphatic carbocycles. The van der Waals surface area contributed by atoms with E-state index in [1.54, 1.807) is 35.5 Å². The molecule has 35 heavy (non-hydrogen) atoms. The smallest absolute Gasteiger partial charge is 0.315 e. The number of pyridine rings is 2. The van der Waals surface area contributed by atoms with Gasteiger partial charge in [0.15, 0.2) is 0 Å². The number of likely N-dealkylation sites (tertiary alicyclic amines) is 1. The molecule has 1 aromatic carbocycles. The van der Waals surface area contributed by atoms with Gasteiger partial charge in [0.1, 0.15) is 11.6 Å².